The second kappa shape index (κ2) is 8.30. The zero-order valence-electron chi connectivity index (χ0n) is 15.4. The van der Waals surface area contributed by atoms with Gasteiger partial charge >= 0.3 is 0 Å². The van der Waals surface area contributed by atoms with E-state index >= 15 is 0 Å². The molecule has 26 heavy (non-hydrogen) atoms. The smallest absolute Gasteiger partial charge is 0.0793 e. The van der Waals surface area contributed by atoms with Crippen LogP contribution in [0.4, 0.5) is 0 Å². The fraction of sp³-hybridized carbons (Fsp3) is 0.500. The third-order valence-corrected chi connectivity index (χ3v) is 5.76. The molecule has 2 aliphatic rings. The number of nitrogens with zero attached hydrogens (tertiary/aromatic N) is 3. The average molecular weight is 351 g/mol. The van der Waals surface area contributed by atoms with Gasteiger partial charge in [0.05, 0.1) is 6.10 Å². The van der Waals surface area contributed by atoms with E-state index in [0.717, 1.165) is 45.7 Å². The predicted octanol–water partition coefficient (Wildman–Crippen LogP) is 2.68. The molecule has 0 amide bonds. The van der Waals surface area contributed by atoms with E-state index in [0.29, 0.717) is 5.92 Å². The standard InChI is InChI=1S/C22H29N3O/c26-21(17-25-13-10-18-6-1-2-7-19(18)14-25)16-24-12-5-8-20(15-24)22-9-3-4-11-23-22/h1-4,6-7,9,11,20-21,26H,5,8,10,12-17H2/t20-,21+/m1/s1. The highest BCUT2D eigenvalue weighted by atomic mass is 16.3. The second-order valence-corrected chi connectivity index (χ2v) is 7.76. The van der Waals surface area contributed by atoms with E-state index in [-0.39, 0.29) is 6.10 Å². The molecule has 3 heterocycles. The van der Waals surface area contributed by atoms with Gasteiger partial charge in [0.1, 0.15) is 0 Å². The van der Waals surface area contributed by atoms with Gasteiger partial charge in [-0.3, -0.25) is 9.88 Å². The summed E-state index contributed by atoms with van der Waals surface area (Å²) in [6.45, 7) is 5.63. The number of aliphatic hydroxyl groups excluding tert-OH is 1. The minimum absolute atomic E-state index is 0.289. The van der Waals surface area contributed by atoms with Gasteiger partial charge in [-0.25, -0.2) is 0 Å². The Morgan fingerprint density at radius 1 is 1.00 bits per heavy atom. The summed E-state index contributed by atoms with van der Waals surface area (Å²) in [5, 5.41) is 10.7. The van der Waals surface area contributed by atoms with E-state index in [2.05, 4.69) is 51.2 Å². The molecule has 4 rings (SSSR count). The molecule has 4 nitrogen and oxygen atoms in total. The number of hydrogen-bond donors (Lipinski definition) is 1. The van der Waals surface area contributed by atoms with Crippen LogP contribution in [0.3, 0.4) is 0 Å². The highest BCUT2D eigenvalue weighted by Gasteiger charge is 2.25. The van der Waals surface area contributed by atoms with Crippen LogP contribution in [0.15, 0.2) is 48.7 Å². The molecule has 1 fully saturated rings. The Kier molecular flexibility index (Phi) is 5.63. The summed E-state index contributed by atoms with van der Waals surface area (Å²) in [7, 11) is 0. The number of benzene rings is 1. The first kappa shape index (κ1) is 17.7. The van der Waals surface area contributed by atoms with E-state index in [4.69, 9.17) is 0 Å². The van der Waals surface area contributed by atoms with Crippen molar-refractivity contribution in [3.05, 3.63) is 65.5 Å². The van der Waals surface area contributed by atoms with Gasteiger partial charge in [-0.15, -0.1) is 0 Å². The Labute approximate surface area is 156 Å². The summed E-state index contributed by atoms with van der Waals surface area (Å²) in [6.07, 6.45) is 5.08. The minimum atomic E-state index is -0.289. The molecule has 0 spiro atoms. The molecule has 0 radical (unpaired) electrons. The fourth-order valence-electron chi connectivity index (χ4n) is 4.44. The van der Waals surface area contributed by atoms with Gasteiger partial charge in [0.25, 0.3) is 0 Å². The molecule has 1 saturated heterocycles. The van der Waals surface area contributed by atoms with Crippen LogP contribution in [0.1, 0.15) is 35.6 Å². The lowest BCUT2D eigenvalue weighted by atomic mass is 9.94. The number of pyridine rings is 1. The van der Waals surface area contributed by atoms with E-state index in [1.165, 1.54) is 29.7 Å². The van der Waals surface area contributed by atoms with E-state index in [1.807, 2.05) is 12.3 Å². The van der Waals surface area contributed by atoms with Crippen molar-refractivity contribution in [2.75, 3.05) is 32.7 Å². The minimum Gasteiger partial charge on any atom is -0.390 e. The third kappa shape index (κ3) is 4.32. The van der Waals surface area contributed by atoms with Crippen LogP contribution in [0.2, 0.25) is 0 Å². The van der Waals surface area contributed by atoms with Crippen LogP contribution in [-0.2, 0) is 13.0 Å². The van der Waals surface area contributed by atoms with Gasteiger partial charge in [-0.05, 0) is 49.1 Å². The average Bonchev–Trinajstić information content (AvgIpc) is 2.69. The summed E-state index contributed by atoms with van der Waals surface area (Å²) < 4.78 is 0. The molecule has 1 N–H and O–H groups in total. The van der Waals surface area contributed by atoms with Crippen molar-refractivity contribution in [3.63, 3.8) is 0 Å². The Balaban J connectivity index is 1.29. The van der Waals surface area contributed by atoms with Gasteiger partial charge in [-0.1, -0.05) is 30.3 Å². The van der Waals surface area contributed by atoms with Crippen molar-refractivity contribution < 1.29 is 5.11 Å². The maximum Gasteiger partial charge on any atom is 0.0793 e. The Morgan fingerprint density at radius 2 is 1.81 bits per heavy atom. The van der Waals surface area contributed by atoms with E-state index < -0.39 is 0 Å². The first-order valence-electron chi connectivity index (χ1n) is 9.88. The lowest BCUT2D eigenvalue weighted by Crippen LogP contribution is -2.44. The van der Waals surface area contributed by atoms with Gasteiger partial charge in [0.15, 0.2) is 0 Å². The normalized spacial score (nSPS) is 22.7. The zero-order chi connectivity index (χ0) is 17.8. The lowest BCUT2D eigenvalue weighted by Gasteiger charge is -2.35. The molecule has 1 aromatic heterocycles. The number of fused-ring (bicyclic) bond motifs is 1. The van der Waals surface area contributed by atoms with Crippen molar-refractivity contribution in [1.82, 2.24) is 14.8 Å². The number of likely N-dealkylation sites (tertiary alicyclic amines) is 1. The summed E-state index contributed by atoms with van der Waals surface area (Å²) >= 11 is 0. The SMILES string of the molecule is O[C@H](CN1CCc2ccccc2C1)CN1CCC[C@@H](c2ccccn2)C1. The quantitative estimate of drug-likeness (QED) is 0.899. The van der Waals surface area contributed by atoms with Crippen LogP contribution in [0.25, 0.3) is 0 Å². The number of aliphatic hydroxyl groups is 1. The summed E-state index contributed by atoms with van der Waals surface area (Å²) in [6, 6.07) is 14.9. The van der Waals surface area contributed by atoms with Crippen LogP contribution in [-0.4, -0.2) is 58.7 Å². The molecule has 4 heteroatoms. The van der Waals surface area contributed by atoms with E-state index in [1.54, 1.807) is 0 Å². The van der Waals surface area contributed by atoms with Crippen molar-refractivity contribution in [1.29, 1.82) is 0 Å². The van der Waals surface area contributed by atoms with E-state index in [9.17, 15) is 5.11 Å². The first-order chi connectivity index (χ1) is 12.8. The molecule has 138 valence electrons. The fourth-order valence-corrected chi connectivity index (χ4v) is 4.44. The number of β-amino-alcohol motifs (C(OH)–C–C–N with tert-alkyl or cyclic N) is 1. The van der Waals surface area contributed by atoms with Gasteiger partial charge in [0.2, 0.25) is 0 Å². The van der Waals surface area contributed by atoms with Crippen LogP contribution < -0.4 is 0 Å². The number of piperidine rings is 1. The van der Waals surface area contributed by atoms with Gasteiger partial charge in [0, 0.05) is 50.5 Å². The molecule has 0 aliphatic carbocycles. The monoisotopic (exact) mass is 351 g/mol. The van der Waals surface area contributed by atoms with Crippen molar-refractivity contribution in [3.8, 4) is 0 Å². The molecular weight excluding hydrogens is 322 g/mol. The van der Waals surface area contributed by atoms with Gasteiger partial charge in [-0.2, -0.15) is 0 Å². The Morgan fingerprint density at radius 3 is 2.65 bits per heavy atom. The van der Waals surface area contributed by atoms with Crippen LogP contribution in [0, 0.1) is 0 Å². The Hall–Kier alpha value is -1.75. The molecule has 0 saturated carbocycles. The number of hydrogen-bond acceptors (Lipinski definition) is 4. The van der Waals surface area contributed by atoms with Crippen LogP contribution >= 0.6 is 0 Å². The molecule has 1 aromatic carbocycles. The first-order valence-corrected chi connectivity index (χ1v) is 9.88. The maximum atomic E-state index is 10.7. The predicted molar refractivity (Wildman–Crippen MR) is 104 cm³/mol. The molecule has 2 atom stereocenters. The molecule has 0 unspecified atom stereocenters. The number of aromatic nitrogens is 1. The molecule has 2 aromatic rings. The topological polar surface area (TPSA) is 39.6 Å². The molecule has 0 bridgehead atoms. The van der Waals surface area contributed by atoms with Crippen LogP contribution in [0.5, 0.6) is 0 Å². The highest BCUT2D eigenvalue weighted by Crippen LogP contribution is 2.25. The zero-order valence-corrected chi connectivity index (χ0v) is 15.4. The Bertz CT molecular complexity index is 706. The van der Waals surface area contributed by atoms with Crippen molar-refractivity contribution >= 4 is 0 Å². The largest absolute Gasteiger partial charge is 0.390 e. The third-order valence-electron chi connectivity index (χ3n) is 5.76. The van der Waals surface area contributed by atoms with Gasteiger partial charge < -0.3 is 10.0 Å². The summed E-state index contributed by atoms with van der Waals surface area (Å²) in [4.78, 5) is 9.35. The lowest BCUT2D eigenvalue weighted by molar-refractivity contribution is 0.0593. The molecule has 2 aliphatic heterocycles. The maximum absolute atomic E-state index is 10.7. The second-order valence-electron chi connectivity index (χ2n) is 7.76. The van der Waals surface area contributed by atoms with Crippen molar-refractivity contribution in [2.45, 2.75) is 37.8 Å². The number of rotatable bonds is 5. The van der Waals surface area contributed by atoms with Crippen molar-refractivity contribution in [2.24, 2.45) is 0 Å². The summed E-state index contributed by atoms with van der Waals surface area (Å²) in [5.41, 5.74) is 4.07. The molecular formula is C22H29N3O. The summed E-state index contributed by atoms with van der Waals surface area (Å²) in [5.74, 6) is 0.499. The highest BCUT2D eigenvalue weighted by molar-refractivity contribution is 5.29.